The van der Waals surface area contributed by atoms with Crippen molar-refractivity contribution in [1.82, 2.24) is 5.32 Å². The van der Waals surface area contributed by atoms with Crippen molar-refractivity contribution in [3.63, 3.8) is 0 Å². The normalized spacial score (nSPS) is 19.0. The van der Waals surface area contributed by atoms with Gasteiger partial charge in [-0.05, 0) is 88.7 Å². The van der Waals surface area contributed by atoms with Crippen LogP contribution < -0.4 is 24.6 Å². The molecule has 5 aromatic carbocycles. The van der Waals surface area contributed by atoms with E-state index < -0.39 is 17.8 Å². The van der Waals surface area contributed by atoms with Crippen LogP contribution in [0.5, 0.6) is 11.5 Å². The van der Waals surface area contributed by atoms with E-state index in [4.69, 9.17) is 9.47 Å². The number of methoxy groups -OCH3 is 1. The van der Waals surface area contributed by atoms with Gasteiger partial charge in [-0.1, -0.05) is 78.9 Å². The second kappa shape index (κ2) is 13.8. The smallest absolute Gasteiger partial charge is 0.335 e. The zero-order chi connectivity index (χ0) is 35.8. The summed E-state index contributed by atoms with van der Waals surface area (Å²) in [6, 6.07) is 34.8. The second-order valence-corrected chi connectivity index (χ2v) is 13.2. The number of hydrogen-bond acceptors (Lipinski definition) is 6. The highest BCUT2D eigenvalue weighted by atomic mass is 19.1. The fourth-order valence-electron chi connectivity index (χ4n) is 7.66. The van der Waals surface area contributed by atoms with Gasteiger partial charge in [0.05, 0.1) is 12.8 Å². The van der Waals surface area contributed by atoms with Crippen molar-refractivity contribution in [3.05, 3.63) is 160 Å². The number of nitrogens with one attached hydrogen (secondary N) is 1. The molecule has 3 aliphatic heterocycles. The number of rotatable bonds is 8. The van der Waals surface area contributed by atoms with E-state index in [-0.39, 0.29) is 29.8 Å². The van der Waals surface area contributed by atoms with Gasteiger partial charge in [0.1, 0.15) is 18.0 Å². The Balaban J connectivity index is 1.17. The molecule has 4 amide bonds. The number of anilines is 2. The molecule has 1 N–H and O–H groups in total. The van der Waals surface area contributed by atoms with Gasteiger partial charge in [-0.3, -0.25) is 14.9 Å². The van der Waals surface area contributed by atoms with E-state index in [0.29, 0.717) is 22.7 Å². The summed E-state index contributed by atoms with van der Waals surface area (Å²) in [6.45, 7) is 2.00. The van der Waals surface area contributed by atoms with Crippen molar-refractivity contribution in [2.45, 2.75) is 31.3 Å². The fraction of sp³-hybridized carbons (Fsp3) is 0.186. The summed E-state index contributed by atoms with van der Waals surface area (Å²) in [6.07, 6.45) is 3.24. The number of amides is 4. The Bertz CT molecular complexity index is 2130. The molecule has 5 aromatic rings. The number of benzene rings is 5. The lowest BCUT2D eigenvalue weighted by Crippen LogP contribution is -2.54. The van der Waals surface area contributed by atoms with Crippen molar-refractivity contribution < 1.29 is 28.2 Å². The molecule has 9 heteroatoms. The van der Waals surface area contributed by atoms with E-state index in [1.807, 2.05) is 48.5 Å². The monoisotopic (exact) mass is 693 g/mol. The Morgan fingerprint density at radius 3 is 1.98 bits per heavy atom. The van der Waals surface area contributed by atoms with Crippen LogP contribution in [-0.2, 0) is 16.2 Å². The minimum absolute atomic E-state index is 0.0662. The number of nitrogens with zero attached hydrogens (tertiary/aromatic N) is 2. The van der Waals surface area contributed by atoms with Gasteiger partial charge < -0.3 is 14.4 Å². The van der Waals surface area contributed by atoms with Crippen LogP contribution in [-0.4, -0.2) is 38.0 Å². The van der Waals surface area contributed by atoms with Crippen LogP contribution in [0.2, 0.25) is 0 Å². The van der Waals surface area contributed by atoms with Gasteiger partial charge in [-0.2, -0.15) is 0 Å². The molecule has 0 bridgehead atoms. The highest BCUT2D eigenvalue weighted by Crippen LogP contribution is 2.50. The maximum absolute atomic E-state index is 14.3. The number of carbonyl (C=O) groups is 3. The molecular weight excluding hydrogens is 657 g/mol. The molecule has 8 nitrogen and oxygen atoms in total. The average Bonchev–Trinajstić information content (AvgIpc) is 3.17. The number of carbonyl (C=O) groups excluding carboxylic acids is 3. The number of barbiturate groups is 1. The third kappa shape index (κ3) is 6.19. The maximum Gasteiger partial charge on any atom is 0.335 e. The van der Waals surface area contributed by atoms with Gasteiger partial charge in [0.15, 0.2) is 11.5 Å². The zero-order valence-corrected chi connectivity index (χ0v) is 28.6. The molecule has 0 spiro atoms. The molecule has 260 valence electrons. The molecule has 0 aromatic heterocycles. The van der Waals surface area contributed by atoms with Crippen LogP contribution in [0.15, 0.2) is 121 Å². The predicted molar refractivity (Wildman–Crippen MR) is 197 cm³/mol. The van der Waals surface area contributed by atoms with Crippen molar-refractivity contribution in [3.8, 4) is 11.5 Å². The fourth-order valence-corrected chi connectivity index (χ4v) is 7.66. The third-order valence-electron chi connectivity index (χ3n) is 10.2. The molecule has 8 rings (SSSR count). The number of ether oxygens (including phenoxy) is 2. The summed E-state index contributed by atoms with van der Waals surface area (Å²) in [5.41, 5.74) is 7.15. The largest absolute Gasteiger partial charge is 0.493 e. The van der Waals surface area contributed by atoms with E-state index >= 15 is 0 Å². The molecule has 3 heterocycles. The molecule has 0 saturated carbocycles. The van der Waals surface area contributed by atoms with Gasteiger partial charge >= 0.3 is 6.03 Å². The Hall–Kier alpha value is -6.22. The minimum Gasteiger partial charge on any atom is -0.493 e. The van der Waals surface area contributed by atoms with Crippen LogP contribution in [0.3, 0.4) is 0 Å². The van der Waals surface area contributed by atoms with Crippen molar-refractivity contribution in [1.29, 1.82) is 0 Å². The number of urea groups is 1. The Labute approximate surface area is 301 Å². The minimum atomic E-state index is -0.794. The van der Waals surface area contributed by atoms with Gasteiger partial charge in [0, 0.05) is 30.6 Å². The zero-order valence-electron chi connectivity index (χ0n) is 28.6. The first-order valence-electron chi connectivity index (χ1n) is 17.4. The topological polar surface area (TPSA) is 88.2 Å². The van der Waals surface area contributed by atoms with Crippen LogP contribution in [0.25, 0.3) is 6.08 Å². The van der Waals surface area contributed by atoms with Gasteiger partial charge in [-0.25, -0.2) is 14.1 Å². The van der Waals surface area contributed by atoms with Crippen molar-refractivity contribution in [2.24, 2.45) is 0 Å². The maximum atomic E-state index is 14.3. The summed E-state index contributed by atoms with van der Waals surface area (Å²) in [5.74, 6) is -0.883. The van der Waals surface area contributed by atoms with Gasteiger partial charge in [-0.15, -0.1) is 0 Å². The lowest BCUT2D eigenvalue weighted by atomic mass is 9.76. The first kappa shape index (κ1) is 33.0. The standard InChI is InChI=1S/C43H36FN3O5/c1-51-39-23-28(14-17-38(39)52-26-27-12-15-31(44)16-13-27)22-37-41(48)45-43(50)47(42(37)49)32-24-35-33(29-8-4-2-5-9-29)18-20-46-21-19-34(36(25-32)40(35)46)30-10-6-3-7-11-30/h2-17,22-25,33-34H,18-21,26H2,1H3,(H,45,48,50)/b37-22+/t33-,34+. The Morgan fingerprint density at radius 1 is 0.769 bits per heavy atom. The Morgan fingerprint density at radius 2 is 1.38 bits per heavy atom. The van der Waals surface area contributed by atoms with E-state index in [2.05, 4.69) is 34.5 Å². The molecule has 1 fully saturated rings. The summed E-state index contributed by atoms with van der Waals surface area (Å²) in [5, 5.41) is 2.40. The molecule has 0 aliphatic carbocycles. The van der Waals surface area contributed by atoms with Crippen LogP contribution in [0.1, 0.15) is 58.1 Å². The first-order chi connectivity index (χ1) is 25.4. The second-order valence-electron chi connectivity index (χ2n) is 13.2. The summed E-state index contributed by atoms with van der Waals surface area (Å²) in [7, 11) is 1.49. The first-order valence-corrected chi connectivity index (χ1v) is 17.4. The van der Waals surface area contributed by atoms with Crippen molar-refractivity contribution >= 4 is 35.3 Å². The van der Waals surface area contributed by atoms with Gasteiger partial charge in [0.2, 0.25) is 0 Å². The summed E-state index contributed by atoms with van der Waals surface area (Å²) < 4.78 is 24.8. The van der Waals surface area contributed by atoms with E-state index in [1.165, 1.54) is 36.4 Å². The summed E-state index contributed by atoms with van der Waals surface area (Å²) >= 11 is 0. The van der Waals surface area contributed by atoms with E-state index in [1.54, 1.807) is 30.3 Å². The van der Waals surface area contributed by atoms with E-state index in [9.17, 15) is 18.8 Å². The van der Waals surface area contributed by atoms with Crippen LogP contribution in [0.4, 0.5) is 20.6 Å². The molecule has 52 heavy (non-hydrogen) atoms. The number of hydrogen-bond donors (Lipinski definition) is 1. The quantitative estimate of drug-likeness (QED) is 0.131. The molecule has 3 aliphatic rings. The predicted octanol–water partition coefficient (Wildman–Crippen LogP) is 7.96. The third-order valence-corrected chi connectivity index (χ3v) is 10.2. The van der Waals surface area contributed by atoms with Gasteiger partial charge in [0.25, 0.3) is 11.8 Å². The SMILES string of the molecule is COc1cc(/C=C2\C(=O)NC(=O)N(c3cc4c5c(c3)[C@H](c3ccccc3)CCN5CC[C@@H]4c3ccccc3)C2=O)ccc1OCc1ccc(F)cc1. The highest BCUT2D eigenvalue weighted by Gasteiger charge is 2.40. The van der Waals surface area contributed by atoms with E-state index in [0.717, 1.165) is 53.2 Å². The highest BCUT2D eigenvalue weighted by molar-refractivity contribution is 6.39. The lowest BCUT2D eigenvalue weighted by Gasteiger charge is -2.44. The average molecular weight is 694 g/mol. The lowest BCUT2D eigenvalue weighted by molar-refractivity contribution is -0.122. The van der Waals surface area contributed by atoms with Crippen LogP contribution in [0, 0.1) is 5.82 Å². The molecule has 2 atom stereocenters. The number of imide groups is 2. The molecule has 0 unspecified atom stereocenters. The molecular formula is C43H36FN3O5. The Kier molecular flexibility index (Phi) is 8.76. The van der Waals surface area contributed by atoms with Crippen LogP contribution >= 0.6 is 0 Å². The number of halogens is 1. The summed E-state index contributed by atoms with van der Waals surface area (Å²) in [4.78, 5) is 44.6. The molecule has 1 saturated heterocycles. The van der Waals surface area contributed by atoms with Crippen molar-refractivity contribution in [2.75, 3.05) is 30.0 Å². The molecule has 0 radical (unpaired) electrons.